The van der Waals surface area contributed by atoms with E-state index in [2.05, 4.69) is 15.6 Å². The molecule has 2 aromatic carbocycles. The second-order valence-electron chi connectivity index (χ2n) is 9.20. The van der Waals surface area contributed by atoms with E-state index in [4.69, 9.17) is 9.84 Å². The third-order valence-corrected chi connectivity index (χ3v) is 6.98. The molecule has 1 saturated heterocycles. The van der Waals surface area contributed by atoms with Crippen molar-refractivity contribution in [1.29, 1.82) is 0 Å². The highest BCUT2D eigenvalue weighted by molar-refractivity contribution is 5.79. The Morgan fingerprint density at radius 1 is 1.08 bits per heavy atom. The van der Waals surface area contributed by atoms with Crippen LogP contribution >= 0.6 is 0 Å². The van der Waals surface area contributed by atoms with Crippen LogP contribution in [0.5, 0.6) is 5.75 Å². The second-order valence-corrected chi connectivity index (χ2v) is 9.20. The van der Waals surface area contributed by atoms with Crippen LogP contribution in [0.15, 0.2) is 79.0 Å². The van der Waals surface area contributed by atoms with Gasteiger partial charge in [0.1, 0.15) is 17.5 Å². The van der Waals surface area contributed by atoms with Gasteiger partial charge in [-0.25, -0.2) is 14.5 Å². The molecule has 10 nitrogen and oxygen atoms in total. The van der Waals surface area contributed by atoms with Crippen molar-refractivity contribution in [2.75, 3.05) is 13.7 Å². The Morgan fingerprint density at radius 2 is 1.89 bits per heavy atom. The monoisotopic (exact) mass is 498 g/mol. The highest BCUT2D eigenvalue weighted by Gasteiger charge is 2.52. The van der Waals surface area contributed by atoms with Crippen LogP contribution in [-0.2, 0) is 12.1 Å². The van der Waals surface area contributed by atoms with Gasteiger partial charge in [0.15, 0.2) is 12.0 Å². The molecule has 0 aliphatic carbocycles. The highest BCUT2D eigenvalue weighted by atomic mass is 16.5. The van der Waals surface area contributed by atoms with Crippen LogP contribution < -0.4 is 15.4 Å². The molecule has 188 valence electrons. The lowest BCUT2D eigenvalue weighted by Crippen LogP contribution is -2.55. The lowest BCUT2D eigenvalue weighted by molar-refractivity contribution is -0.0296. The first-order valence-electron chi connectivity index (χ1n) is 11.9. The standard InChI is InChI=1S/C27H26N6O4/c1-37-19-11-10-18-15-32(24(34)20(18)13-19)16-27(25(35)29-26(36)30-27)22-14-21(17-7-3-2-4-8-17)31-33(22)23-9-5-6-12-28-23/h2-14,24-25,34-35H,15-16H2,1H3,(H2,29,30,36)/t24-,25?,27-/m0/s1. The van der Waals surface area contributed by atoms with Crippen LogP contribution in [0.3, 0.4) is 0 Å². The van der Waals surface area contributed by atoms with Crippen LogP contribution in [0.2, 0.25) is 0 Å². The lowest BCUT2D eigenvalue weighted by atomic mass is 9.92. The first-order valence-corrected chi connectivity index (χ1v) is 11.9. The summed E-state index contributed by atoms with van der Waals surface area (Å²) in [6, 6.07) is 22.0. The molecule has 37 heavy (non-hydrogen) atoms. The van der Waals surface area contributed by atoms with Crippen molar-refractivity contribution in [3.63, 3.8) is 0 Å². The van der Waals surface area contributed by atoms with Gasteiger partial charge in [-0.2, -0.15) is 5.10 Å². The Labute approximate surface area is 213 Å². The van der Waals surface area contributed by atoms with Crippen molar-refractivity contribution in [1.82, 2.24) is 30.3 Å². The fourth-order valence-corrected chi connectivity index (χ4v) is 5.12. The SMILES string of the molecule is COc1ccc2c(c1)[C@H](O)N(C[C@@]1(c3cc(-c4ccccc4)nn3-c3ccccn3)NC(=O)NC1O)C2. The predicted octanol–water partition coefficient (Wildman–Crippen LogP) is 2.28. The average Bonchev–Trinajstić information content (AvgIpc) is 3.59. The van der Waals surface area contributed by atoms with Crippen molar-refractivity contribution < 1.29 is 19.7 Å². The number of aliphatic hydroxyl groups is 2. The van der Waals surface area contributed by atoms with Gasteiger partial charge in [-0.15, -0.1) is 0 Å². The molecular weight excluding hydrogens is 472 g/mol. The molecule has 6 rings (SSSR count). The molecule has 0 spiro atoms. The van der Waals surface area contributed by atoms with E-state index >= 15 is 0 Å². The number of methoxy groups -OCH3 is 1. The number of urea groups is 1. The molecule has 0 bridgehead atoms. The minimum atomic E-state index is -1.35. The molecule has 4 N–H and O–H groups in total. The molecular formula is C27H26N6O4. The predicted molar refractivity (Wildman–Crippen MR) is 135 cm³/mol. The minimum absolute atomic E-state index is 0.0951. The fourth-order valence-electron chi connectivity index (χ4n) is 5.12. The lowest BCUT2D eigenvalue weighted by Gasteiger charge is -2.36. The Kier molecular flexibility index (Phi) is 5.64. The number of rotatable bonds is 6. The van der Waals surface area contributed by atoms with Gasteiger partial charge in [0, 0.05) is 30.4 Å². The number of ether oxygens (including phenoxy) is 1. The fraction of sp³-hybridized carbons (Fsp3) is 0.222. The number of amides is 2. The zero-order valence-electron chi connectivity index (χ0n) is 20.1. The number of aliphatic hydroxyl groups excluding tert-OH is 2. The first kappa shape index (κ1) is 23.2. The summed E-state index contributed by atoms with van der Waals surface area (Å²) in [5.74, 6) is 1.17. The molecule has 3 atom stereocenters. The van der Waals surface area contributed by atoms with Crippen LogP contribution in [0.25, 0.3) is 17.1 Å². The van der Waals surface area contributed by atoms with Crippen LogP contribution in [0, 0.1) is 0 Å². The topological polar surface area (TPSA) is 125 Å². The van der Waals surface area contributed by atoms with Crippen molar-refractivity contribution in [3.8, 4) is 22.8 Å². The van der Waals surface area contributed by atoms with Crippen molar-refractivity contribution in [2.24, 2.45) is 0 Å². The summed E-state index contributed by atoms with van der Waals surface area (Å²) in [5, 5.41) is 32.8. The molecule has 2 amide bonds. The number of nitrogens with one attached hydrogen (secondary N) is 2. The van der Waals surface area contributed by atoms with E-state index in [9.17, 15) is 15.0 Å². The molecule has 4 aromatic rings. The van der Waals surface area contributed by atoms with Crippen molar-refractivity contribution in [3.05, 3.63) is 95.8 Å². The summed E-state index contributed by atoms with van der Waals surface area (Å²) in [4.78, 5) is 18.9. The Bertz CT molecular complexity index is 1440. The van der Waals surface area contributed by atoms with Crippen molar-refractivity contribution in [2.45, 2.75) is 24.5 Å². The molecule has 4 heterocycles. The maximum Gasteiger partial charge on any atom is 0.317 e. The van der Waals surface area contributed by atoms with Crippen LogP contribution in [-0.4, -0.2) is 55.8 Å². The molecule has 0 radical (unpaired) electrons. The Hall–Kier alpha value is -4.25. The quantitative estimate of drug-likeness (QED) is 0.321. The van der Waals surface area contributed by atoms with Crippen LogP contribution in [0.1, 0.15) is 23.0 Å². The summed E-state index contributed by atoms with van der Waals surface area (Å²) in [7, 11) is 1.58. The number of benzene rings is 2. The zero-order valence-corrected chi connectivity index (χ0v) is 20.1. The van der Waals surface area contributed by atoms with Gasteiger partial charge in [0.25, 0.3) is 0 Å². The molecule has 0 saturated carbocycles. The van der Waals surface area contributed by atoms with Gasteiger partial charge in [-0.3, -0.25) is 4.90 Å². The van der Waals surface area contributed by atoms with Gasteiger partial charge in [-0.05, 0) is 35.9 Å². The minimum Gasteiger partial charge on any atom is -0.497 e. The third-order valence-electron chi connectivity index (χ3n) is 6.98. The van der Waals surface area contributed by atoms with E-state index in [1.165, 1.54) is 0 Å². The molecule has 2 aromatic heterocycles. The second kappa shape index (κ2) is 9.00. The largest absolute Gasteiger partial charge is 0.497 e. The number of hydrogen-bond acceptors (Lipinski definition) is 7. The molecule has 10 heteroatoms. The summed E-state index contributed by atoms with van der Waals surface area (Å²) < 4.78 is 6.97. The third kappa shape index (κ3) is 3.91. The maximum absolute atomic E-state index is 12.6. The van der Waals surface area contributed by atoms with Gasteiger partial charge in [0.2, 0.25) is 0 Å². The van der Waals surface area contributed by atoms with Gasteiger partial charge in [-0.1, -0.05) is 42.5 Å². The van der Waals surface area contributed by atoms with Gasteiger partial charge in [0.05, 0.1) is 18.5 Å². The van der Waals surface area contributed by atoms with E-state index in [1.807, 2.05) is 60.7 Å². The number of carbonyl (C=O) groups is 1. The number of fused-ring (bicyclic) bond motifs is 1. The number of pyridine rings is 1. The normalized spacial score (nSPS) is 22.9. The molecule has 1 unspecified atom stereocenters. The number of aromatic nitrogens is 3. The maximum atomic E-state index is 12.6. The Balaban J connectivity index is 1.47. The zero-order chi connectivity index (χ0) is 25.6. The van der Waals surface area contributed by atoms with E-state index in [-0.39, 0.29) is 6.54 Å². The Morgan fingerprint density at radius 3 is 2.59 bits per heavy atom. The highest BCUT2D eigenvalue weighted by Crippen LogP contribution is 2.39. The van der Waals surface area contributed by atoms with E-state index in [0.29, 0.717) is 29.5 Å². The van der Waals surface area contributed by atoms with E-state index < -0.39 is 24.0 Å². The number of carbonyl (C=O) groups excluding carboxylic acids is 1. The summed E-state index contributed by atoms with van der Waals surface area (Å²) in [6.07, 6.45) is -0.592. The number of hydrogen-bond donors (Lipinski definition) is 4. The molecule has 2 aliphatic heterocycles. The summed E-state index contributed by atoms with van der Waals surface area (Å²) in [5.41, 5.74) is 2.38. The van der Waals surface area contributed by atoms with Gasteiger partial charge < -0.3 is 25.6 Å². The first-order chi connectivity index (χ1) is 18.0. The van der Waals surface area contributed by atoms with Crippen LogP contribution in [0.4, 0.5) is 4.79 Å². The smallest absolute Gasteiger partial charge is 0.317 e. The number of nitrogens with zero attached hydrogens (tertiary/aromatic N) is 4. The van der Waals surface area contributed by atoms with Crippen molar-refractivity contribution >= 4 is 6.03 Å². The molecule has 2 aliphatic rings. The van der Waals surface area contributed by atoms with E-state index in [0.717, 1.165) is 16.7 Å². The summed E-state index contributed by atoms with van der Waals surface area (Å²) in [6.45, 7) is 0.520. The molecule has 1 fully saturated rings. The van der Waals surface area contributed by atoms with Gasteiger partial charge >= 0.3 is 6.03 Å². The van der Waals surface area contributed by atoms with E-state index in [1.54, 1.807) is 35.0 Å². The average molecular weight is 499 g/mol. The summed E-state index contributed by atoms with van der Waals surface area (Å²) >= 11 is 0.